The molecule has 0 fully saturated rings. The van der Waals surface area contributed by atoms with Crippen molar-refractivity contribution in [3.05, 3.63) is 41.2 Å². The van der Waals surface area contributed by atoms with E-state index in [0.29, 0.717) is 28.0 Å². The molecule has 1 amide bonds. The van der Waals surface area contributed by atoms with Crippen molar-refractivity contribution in [1.29, 1.82) is 0 Å². The van der Waals surface area contributed by atoms with Gasteiger partial charge in [-0.2, -0.15) is 0 Å². The highest BCUT2D eigenvalue weighted by molar-refractivity contribution is 6.31. The lowest BCUT2D eigenvalue weighted by Crippen LogP contribution is -2.27. The molecule has 7 heteroatoms. The molecule has 0 aliphatic rings. The molecule has 1 heterocycles. The number of amides is 1. The lowest BCUT2D eigenvalue weighted by atomic mass is 10.0. The van der Waals surface area contributed by atoms with E-state index in [1.807, 2.05) is 0 Å². The Kier molecular flexibility index (Phi) is 4.95. The number of rotatable bonds is 3. The van der Waals surface area contributed by atoms with E-state index < -0.39 is 11.7 Å². The van der Waals surface area contributed by atoms with E-state index in [0.717, 1.165) is 0 Å². The lowest BCUT2D eigenvalue weighted by molar-refractivity contribution is 0.0634. The van der Waals surface area contributed by atoms with E-state index >= 15 is 0 Å². The summed E-state index contributed by atoms with van der Waals surface area (Å²) in [5.41, 5.74) is 1.13. The number of aromatic nitrogens is 2. The maximum absolute atomic E-state index is 11.6. The Bertz CT molecular complexity index is 724. The highest BCUT2D eigenvalue weighted by atomic mass is 35.5. The SMILES string of the molecule is CC(C)(C)OC(=O)Nc1ncc(-c2ccc(Cl)cc2C=O)cn1. The molecular formula is C16H16ClN3O3. The molecule has 23 heavy (non-hydrogen) atoms. The topological polar surface area (TPSA) is 81.2 Å². The second kappa shape index (κ2) is 6.75. The Morgan fingerprint density at radius 2 is 1.91 bits per heavy atom. The Hall–Kier alpha value is -2.47. The molecule has 0 aliphatic heterocycles. The molecule has 1 N–H and O–H groups in total. The summed E-state index contributed by atoms with van der Waals surface area (Å²) in [6, 6.07) is 4.96. The molecule has 2 aromatic rings. The summed E-state index contributed by atoms with van der Waals surface area (Å²) in [6.07, 6.45) is 3.10. The number of hydrogen-bond acceptors (Lipinski definition) is 5. The monoisotopic (exact) mass is 333 g/mol. The van der Waals surface area contributed by atoms with Crippen LogP contribution in [0.15, 0.2) is 30.6 Å². The van der Waals surface area contributed by atoms with Crippen molar-refractivity contribution in [2.75, 3.05) is 5.32 Å². The van der Waals surface area contributed by atoms with Gasteiger partial charge in [-0.15, -0.1) is 0 Å². The number of benzene rings is 1. The molecule has 0 radical (unpaired) electrons. The van der Waals surface area contributed by atoms with Gasteiger partial charge in [-0.25, -0.2) is 14.8 Å². The first-order valence-corrected chi connectivity index (χ1v) is 7.23. The van der Waals surface area contributed by atoms with Gasteiger partial charge < -0.3 is 4.74 Å². The van der Waals surface area contributed by atoms with E-state index in [4.69, 9.17) is 16.3 Å². The first-order chi connectivity index (χ1) is 10.8. The molecule has 1 aromatic carbocycles. The molecule has 0 unspecified atom stereocenters. The van der Waals surface area contributed by atoms with E-state index in [9.17, 15) is 9.59 Å². The van der Waals surface area contributed by atoms with Crippen molar-refractivity contribution >= 4 is 29.9 Å². The normalized spacial score (nSPS) is 11.0. The molecule has 0 saturated carbocycles. The third kappa shape index (κ3) is 4.75. The van der Waals surface area contributed by atoms with Crippen LogP contribution in [0.4, 0.5) is 10.7 Å². The fraction of sp³-hybridized carbons (Fsp3) is 0.250. The summed E-state index contributed by atoms with van der Waals surface area (Å²) in [6.45, 7) is 5.29. The highest BCUT2D eigenvalue weighted by Gasteiger charge is 2.17. The predicted molar refractivity (Wildman–Crippen MR) is 87.7 cm³/mol. The second-order valence-electron chi connectivity index (χ2n) is 5.77. The van der Waals surface area contributed by atoms with E-state index in [1.165, 1.54) is 12.4 Å². The molecule has 0 atom stereocenters. The summed E-state index contributed by atoms with van der Waals surface area (Å²) in [7, 11) is 0. The number of anilines is 1. The summed E-state index contributed by atoms with van der Waals surface area (Å²) in [5.74, 6) is 0.115. The van der Waals surface area contributed by atoms with Crippen LogP contribution in [0.25, 0.3) is 11.1 Å². The Labute approximate surface area is 138 Å². The second-order valence-corrected chi connectivity index (χ2v) is 6.21. The quantitative estimate of drug-likeness (QED) is 0.860. The molecule has 6 nitrogen and oxygen atoms in total. The van der Waals surface area contributed by atoms with E-state index in [1.54, 1.807) is 39.0 Å². The minimum atomic E-state index is -0.634. The minimum absolute atomic E-state index is 0.115. The molecular weight excluding hydrogens is 318 g/mol. The summed E-state index contributed by atoms with van der Waals surface area (Å²) < 4.78 is 5.12. The Morgan fingerprint density at radius 1 is 1.26 bits per heavy atom. The Morgan fingerprint density at radius 3 is 2.48 bits per heavy atom. The van der Waals surface area contributed by atoms with Gasteiger partial charge >= 0.3 is 6.09 Å². The van der Waals surface area contributed by atoms with Crippen molar-refractivity contribution in [3.63, 3.8) is 0 Å². The van der Waals surface area contributed by atoms with Gasteiger partial charge in [-0.3, -0.25) is 10.1 Å². The van der Waals surface area contributed by atoms with Gasteiger partial charge in [0.15, 0.2) is 6.29 Å². The smallest absolute Gasteiger partial charge is 0.414 e. The number of aldehydes is 1. The summed E-state index contributed by atoms with van der Waals surface area (Å²) >= 11 is 5.87. The van der Waals surface area contributed by atoms with Crippen molar-refractivity contribution in [2.45, 2.75) is 26.4 Å². The van der Waals surface area contributed by atoms with Crippen molar-refractivity contribution in [1.82, 2.24) is 9.97 Å². The van der Waals surface area contributed by atoms with Crippen LogP contribution in [-0.4, -0.2) is 27.9 Å². The van der Waals surface area contributed by atoms with Crippen LogP contribution >= 0.6 is 11.6 Å². The number of nitrogens with zero attached hydrogens (tertiary/aromatic N) is 2. The molecule has 0 saturated heterocycles. The van der Waals surface area contributed by atoms with Gasteiger partial charge in [0.25, 0.3) is 0 Å². The van der Waals surface area contributed by atoms with Crippen LogP contribution in [0.3, 0.4) is 0 Å². The average molecular weight is 334 g/mol. The van der Waals surface area contributed by atoms with E-state index in [-0.39, 0.29) is 5.95 Å². The maximum Gasteiger partial charge on any atom is 0.414 e. The van der Waals surface area contributed by atoms with Gasteiger partial charge in [0.2, 0.25) is 5.95 Å². The summed E-state index contributed by atoms with van der Waals surface area (Å²) in [4.78, 5) is 30.9. The van der Waals surface area contributed by atoms with Gasteiger partial charge in [-0.05, 0) is 38.5 Å². The van der Waals surface area contributed by atoms with Crippen LogP contribution in [0.5, 0.6) is 0 Å². The number of hydrogen-bond donors (Lipinski definition) is 1. The van der Waals surface area contributed by atoms with Gasteiger partial charge in [0.05, 0.1) is 0 Å². The first kappa shape index (κ1) is 16.9. The van der Waals surface area contributed by atoms with Crippen LogP contribution in [0.2, 0.25) is 5.02 Å². The largest absolute Gasteiger partial charge is 0.444 e. The van der Waals surface area contributed by atoms with E-state index in [2.05, 4.69) is 15.3 Å². The fourth-order valence-corrected chi connectivity index (χ4v) is 2.00. The third-order valence-corrected chi connectivity index (χ3v) is 2.95. The molecule has 0 aliphatic carbocycles. The number of ether oxygens (including phenoxy) is 1. The van der Waals surface area contributed by atoms with Crippen LogP contribution in [-0.2, 0) is 4.74 Å². The molecule has 0 spiro atoms. The standard InChI is InChI=1S/C16H16ClN3O3/c1-16(2,3)23-15(22)20-14-18-7-11(8-19-14)13-5-4-12(17)6-10(13)9-21/h4-9H,1-3H3,(H,18,19,20,22). The lowest BCUT2D eigenvalue weighted by Gasteiger charge is -2.19. The fourth-order valence-electron chi connectivity index (χ4n) is 1.82. The van der Waals surface area contributed by atoms with Crippen LogP contribution in [0.1, 0.15) is 31.1 Å². The minimum Gasteiger partial charge on any atom is -0.444 e. The molecule has 120 valence electrons. The number of nitrogens with one attached hydrogen (secondary N) is 1. The van der Waals surface area contributed by atoms with Crippen molar-refractivity contribution in [2.24, 2.45) is 0 Å². The Balaban J connectivity index is 2.17. The number of carbonyl (C=O) groups is 2. The third-order valence-electron chi connectivity index (χ3n) is 2.72. The van der Waals surface area contributed by atoms with Crippen LogP contribution in [0, 0.1) is 0 Å². The molecule has 0 bridgehead atoms. The zero-order valence-electron chi connectivity index (χ0n) is 13.0. The van der Waals surface area contributed by atoms with Crippen LogP contribution < -0.4 is 5.32 Å². The van der Waals surface area contributed by atoms with Crippen molar-refractivity contribution < 1.29 is 14.3 Å². The van der Waals surface area contributed by atoms with Gasteiger partial charge in [0, 0.05) is 28.5 Å². The zero-order valence-corrected chi connectivity index (χ0v) is 13.7. The average Bonchev–Trinajstić information content (AvgIpc) is 2.46. The summed E-state index contributed by atoms with van der Waals surface area (Å²) in [5, 5.41) is 2.91. The van der Waals surface area contributed by atoms with Crippen molar-refractivity contribution in [3.8, 4) is 11.1 Å². The highest BCUT2D eigenvalue weighted by Crippen LogP contribution is 2.24. The first-order valence-electron chi connectivity index (χ1n) is 6.85. The predicted octanol–water partition coefficient (Wildman–Crippen LogP) is 3.96. The zero-order chi connectivity index (χ0) is 17.0. The maximum atomic E-state index is 11.6. The number of carbonyl (C=O) groups excluding carboxylic acids is 2. The molecule has 1 aromatic heterocycles. The van der Waals surface area contributed by atoms with Gasteiger partial charge in [0.1, 0.15) is 5.60 Å². The number of halogens is 1. The van der Waals surface area contributed by atoms with Gasteiger partial charge in [-0.1, -0.05) is 17.7 Å². The molecule has 2 rings (SSSR count).